The smallest absolute Gasteiger partial charge is 0.132 e. The van der Waals surface area contributed by atoms with E-state index in [4.69, 9.17) is 0 Å². The summed E-state index contributed by atoms with van der Waals surface area (Å²) in [5, 5.41) is 0. The van der Waals surface area contributed by atoms with Crippen molar-refractivity contribution in [2.24, 2.45) is 0 Å². The third-order valence-corrected chi connectivity index (χ3v) is 2.72. The van der Waals surface area contributed by atoms with Crippen LogP contribution in [-0.2, 0) is 14.4 Å². The lowest BCUT2D eigenvalue weighted by Crippen LogP contribution is -1.99. The number of carbonyl (C=O) groups excluding carboxylic acids is 3. The SMILES string of the molecule is CC(=O)CCCCCCC(=O)CCCC(C)=O. The number of Topliss-reactive ketones (excluding diaryl/α,β-unsaturated/α-hetero) is 3. The van der Waals surface area contributed by atoms with Gasteiger partial charge in [0.25, 0.3) is 0 Å². The van der Waals surface area contributed by atoms with E-state index in [9.17, 15) is 14.4 Å². The molecule has 0 aliphatic heterocycles. The van der Waals surface area contributed by atoms with Gasteiger partial charge in [-0.2, -0.15) is 0 Å². The first kappa shape index (κ1) is 16.0. The maximum Gasteiger partial charge on any atom is 0.132 e. The molecule has 0 unspecified atom stereocenters. The van der Waals surface area contributed by atoms with Gasteiger partial charge in [-0.3, -0.25) is 4.79 Å². The van der Waals surface area contributed by atoms with Crippen LogP contribution in [0.2, 0.25) is 0 Å². The Balaban J connectivity index is 3.27. The molecule has 17 heavy (non-hydrogen) atoms. The third-order valence-electron chi connectivity index (χ3n) is 2.72. The predicted molar refractivity (Wildman–Crippen MR) is 67.9 cm³/mol. The monoisotopic (exact) mass is 240 g/mol. The Morgan fingerprint density at radius 1 is 0.588 bits per heavy atom. The second-order valence-electron chi connectivity index (χ2n) is 4.71. The lowest BCUT2D eigenvalue weighted by molar-refractivity contribution is -0.120. The van der Waals surface area contributed by atoms with Gasteiger partial charge in [0, 0.05) is 25.7 Å². The van der Waals surface area contributed by atoms with Gasteiger partial charge in [0.1, 0.15) is 17.3 Å². The van der Waals surface area contributed by atoms with E-state index >= 15 is 0 Å². The second-order valence-corrected chi connectivity index (χ2v) is 4.71. The standard InChI is InChI=1S/C14H24O3/c1-12(15)8-5-3-4-6-10-14(17)11-7-9-13(2)16/h3-11H2,1-2H3. The quantitative estimate of drug-likeness (QED) is 0.521. The Hall–Kier alpha value is -0.990. The molecule has 0 fully saturated rings. The Morgan fingerprint density at radius 2 is 1.00 bits per heavy atom. The maximum atomic E-state index is 11.4. The number of ketones is 3. The molecule has 0 heterocycles. The van der Waals surface area contributed by atoms with Crippen LogP contribution in [0.25, 0.3) is 0 Å². The highest BCUT2D eigenvalue weighted by Crippen LogP contribution is 2.08. The molecule has 0 spiro atoms. The summed E-state index contributed by atoms with van der Waals surface area (Å²) in [4.78, 5) is 32.8. The zero-order valence-corrected chi connectivity index (χ0v) is 11.1. The first-order chi connectivity index (χ1) is 8.02. The third kappa shape index (κ3) is 12.9. The number of rotatable bonds is 11. The minimum Gasteiger partial charge on any atom is -0.300 e. The molecule has 98 valence electrons. The summed E-state index contributed by atoms with van der Waals surface area (Å²) in [6.45, 7) is 3.16. The highest BCUT2D eigenvalue weighted by atomic mass is 16.1. The number of hydrogen-bond donors (Lipinski definition) is 0. The lowest BCUT2D eigenvalue weighted by Gasteiger charge is -2.01. The molecule has 0 amide bonds. The van der Waals surface area contributed by atoms with Crippen LogP contribution in [0.5, 0.6) is 0 Å². The van der Waals surface area contributed by atoms with Gasteiger partial charge in [0.05, 0.1) is 0 Å². The van der Waals surface area contributed by atoms with Gasteiger partial charge >= 0.3 is 0 Å². The zero-order valence-electron chi connectivity index (χ0n) is 11.1. The Bertz CT molecular complexity index is 256. The average molecular weight is 240 g/mol. The number of carbonyl (C=O) groups is 3. The topological polar surface area (TPSA) is 51.2 Å². The molecule has 0 bridgehead atoms. The molecule has 0 radical (unpaired) electrons. The molecule has 0 aliphatic rings. The first-order valence-corrected chi connectivity index (χ1v) is 6.53. The van der Waals surface area contributed by atoms with Crippen molar-refractivity contribution in [2.45, 2.75) is 71.6 Å². The summed E-state index contributed by atoms with van der Waals surface area (Å²) in [5.74, 6) is 0.658. The van der Waals surface area contributed by atoms with Gasteiger partial charge in [-0.1, -0.05) is 12.8 Å². The van der Waals surface area contributed by atoms with Crippen molar-refractivity contribution in [1.82, 2.24) is 0 Å². The van der Waals surface area contributed by atoms with Crippen LogP contribution in [-0.4, -0.2) is 17.3 Å². The molecule has 0 saturated heterocycles. The summed E-state index contributed by atoms with van der Waals surface area (Å²) in [6.07, 6.45) is 6.93. The zero-order chi connectivity index (χ0) is 13.1. The van der Waals surface area contributed by atoms with Crippen LogP contribution in [0, 0.1) is 0 Å². The highest BCUT2D eigenvalue weighted by Gasteiger charge is 2.03. The van der Waals surface area contributed by atoms with Crippen LogP contribution in [0.15, 0.2) is 0 Å². The Morgan fingerprint density at radius 3 is 1.53 bits per heavy atom. The average Bonchev–Trinajstić information content (AvgIpc) is 2.22. The minimum atomic E-state index is 0.155. The summed E-state index contributed by atoms with van der Waals surface area (Å²) in [6, 6.07) is 0. The van der Waals surface area contributed by atoms with Crippen LogP contribution in [0.3, 0.4) is 0 Å². The molecule has 0 rings (SSSR count). The first-order valence-electron chi connectivity index (χ1n) is 6.53. The van der Waals surface area contributed by atoms with E-state index in [2.05, 4.69) is 0 Å². The maximum absolute atomic E-state index is 11.4. The van der Waals surface area contributed by atoms with Gasteiger partial charge < -0.3 is 9.59 Å². The summed E-state index contributed by atoms with van der Waals surface area (Å²) < 4.78 is 0. The molecule has 0 aromatic carbocycles. The van der Waals surface area contributed by atoms with E-state index in [1.165, 1.54) is 0 Å². The fraction of sp³-hybridized carbons (Fsp3) is 0.786. The summed E-state index contributed by atoms with van der Waals surface area (Å²) in [7, 11) is 0. The predicted octanol–water partition coefficient (Wildman–Crippen LogP) is 3.24. The molecule has 0 aromatic rings. The van der Waals surface area contributed by atoms with Crippen molar-refractivity contribution in [3.63, 3.8) is 0 Å². The molecular formula is C14H24O3. The van der Waals surface area contributed by atoms with Crippen molar-refractivity contribution >= 4 is 17.3 Å². The van der Waals surface area contributed by atoms with Crippen LogP contribution < -0.4 is 0 Å². The molecular weight excluding hydrogens is 216 g/mol. The molecule has 0 aromatic heterocycles. The Kier molecular flexibility index (Phi) is 9.59. The minimum absolute atomic E-state index is 0.155. The molecule has 0 saturated carbocycles. The van der Waals surface area contributed by atoms with Gasteiger partial charge in [-0.05, 0) is 33.1 Å². The molecule has 0 aliphatic carbocycles. The van der Waals surface area contributed by atoms with Crippen molar-refractivity contribution in [3.05, 3.63) is 0 Å². The summed E-state index contributed by atoms with van der Waals surface area (Å²) in [5.41, 5.74) is 0. The van der Waals surface area contributed by atoms with E-state index in [0.29, 0.717) is 32.1 Å². The van der Waals surface area contributed by atoms with E-state index in [1.807, 2.05) is 0 Å². The van der Waals surface area contributed by atoms with Crippen molar-refractivity contribution in [2.75, 3.05) is 0 Å². The van der Waals surface area contributed by atoms with Crippen molar-refractivity contribution in [3.8, 4) is 0 Å². The van der Waals surface area contributed by atoms with Gasteiger partial charge in [0.15, 0.2) is 0 Å². The van der Waals surface area contributed by atoms with Gasteiger partial charge in [-0.15, -0.1) is 0 Å². The number of unbranched alkanes of at least 4 members (excludes halogenated alkanes) is 3. The number of hydrogen-bond acceptors (Lipinski definition) is 3. The largest absolute Gasteiger partial charge is 0.300 e. The van der Waals surface area contributed by atoms with Crippen molar-refractivity contribution in [1.29, 1.82) is 0 Å². The van der Waals surface area contributed by atoms with E-state index in [-0.39, 0.29) is 17.3 Å². The highest BCUT2D eigenvalue weighted by molar-refractivity contribution is 5.80. The molecule has 0 N–H and O–H groups in total. The van der Waals surface area contributed by atoms with Gasteiger partial charge in [0.2, 0.25) is 0 Å². The summed E-state index contributed by atoms with van der Waals surface area (Å²) >= 11 is 0. The lowest BCUT2D eigenvalue weighted by atomic mass is 10.0. The molecule has 0 atom stereocenters. The van der Waals surface area contributed by atoms with Gasteiger partial charge in [-0.25, -0.2) is 0 Å². The van der Waals surface area contributed by atoms with Crippen molar-refractivity contribution < 1.29 is 14.4 Å². The second kappa shape index (κ2) is 10.2. The van der Waals surface area contributed by atoms with E-state index in [1.54, 1.807) is 13.8 Å². The van der Waals surface area contributed by atoms with E-state index in [0.717, 1.165) is 25.7 Å². The van der Waals surface area contributed by atoms with Crippen LogP contribution in [0.1, 0.15) is 71.6 Å². The molecule has 3 heteroatoms. The fourth-order valence-corrected chi connectivity index (χ4v) is 1.71. The molecule has 3 nitrogen and oxygen atoms in total. The Labute approximate surface area is 104 Å². The van der Waals surface area contributed by atoms with E-state index < -0.39 is 0 Å². The fourth-order valence-electron chi connectivity index (χ4n) is 1.71. The van der Waals surface area contributed by atoms with Crippen LogP contribution >= 0.6 is 0 Å². The normalized spacial score (nSPS) is 10.2. The van der Waals surface area contributed by atoms with Crippen LogP contribution in [0.4, 0.5) is 0 Å².